The Bertz CT molecular complexity index is 459. The van der Waals surface area contributed by atoms with E-state index >= 15 is 0 Å². The zero-order chi connectivity index (χ0) is 13.8. The molecule has 2 atom stereocenters. The zero-order valence-corrected chi connectivity index (χ0v) is 12.0. The van der Waals surface area contributed by atoms with E-state index in [2.05, 4.69) is 18.7 Å². The average Bonchev–Trinajstić information content (AvgIpc) is 2.32. The van der Waals surface area contributed by atoms with Crippen molar-refractivity contribution >= 4 is 5.69 Å². The lowest BCUT2D eigenvalue weighted by Gasteiger charge is -2.34. The molecule has 0 spiro atoms. The van der Waals surface area contributed by atoms with Crippen LogP contribution >= 0.6 is 0 Å². The van der Waals surface area contributed by atoms with E-state index in [-0.39, 0.29) is 5.56 Å². The Morgan fingerprint density at radius 2 is 1.89 bits per heavy atom. The fourth-order valence-electron chi connectivity index (χ4n) is 3.16. The van der Waals surface area contributed by atoms with Gasteiger partial charge in [-0.1, -0.05) is 13.8 Å². The lowest BCUT2D eigenvalue weighted by atomic mass is 9.92. The second kappa shape index (κ2) is 6.24. The van der Waals surface area contributed by atoms with Gasteiger partial charge in [-0.15, -0.1) is 0 Å². The van der Waals surface area contributed by atoms with Crippen LogP contribution in [0.4, 0.5) is 5.69 Å². The van der Waals surface area contributed by atoms with Gasteiger partial charge in [0.1, 0.15) is 0 Å². The highest BCUT2D eigenvalue weighted by atomic mass is 16.1. The number of piperidine rings is 1. The molecule has 2 unspecified atom stereocenters. The molecule has 1 fully saturated rings. The van der Waals surface area contributed by atoms with Crippen molar-refractivity contribution in [2.75, 3.05) is 25.4 Å². The molecule has 0 amide bonds. The highest BCUT2D eigenvalue weighted by molar-refractivity contribution is 5.33. The van der Waals surface area contributed by atoms with Crippen LogP contribution in [0.1, 0.15) is 26.7 Å². The summed E-state index contributed by atoms with van der Waals surface area (Å²) in [6, 6.07) is 3.20. The van der Waals surface area contributed by atoms with E-state index in [0.29, 0.717) is 5.69 Å². The Balaban J connectivity index is 1.83. The third-order valence-corrected chi connectivity index (χ3v) is 3.82. The molecule has 2 N–H and O–H groups in total. The molecule has 1 aromatic heterocycles. The summed E-state index contributed by atoms with van der Waals surface area (Å²) in [4.78, 5) is 14.2. The van der Waals surface area contributed by atoms with E-state index in [4.69, 9.17) is 5.73 Å². The third kappa shape index (κ3) is 4.10. The normalized spacial score (nSPS) is 24.5. The van der Waals surface area contributed by atoms with Crippen LogP contribution in [0.2, 0.25) is 0 Å². The van der Waals surface area contributed by atoms with E-state index in [1.165, 1.54) is 19.5 Å². The van der Waals surface area contributed by atoms with Gasteiger partial charge in [0.2, 0.25) is 0 Å². The molecule has 0 radical (unpaired) electrons. The standard InChI is InChI=1S/C15H25N3O/c1-12-8-13(2)10-17(9-12)6-3-7-18-11-14(16)4-5-15(18)19/h4-5,11-13H,3,6-10,16H2,1-2H3. The van der Waals surface area contributed by atoms with Crippen LogP contribution in [0.25, 0.3) is 0 Å². The summed E-state index contributed by atoms with van der Waals surface area (Å²) < 4.78 is 1.71. The molecule has 0 saturated carbocycles. The number of likely N-dealkylation sites (tertiary alicyclic amines) is 1. The molecule has 1 aromatic rings. The zero-order valence-electron chi connectivity index (χ0n) is 12.0. The lowest BCUT2D eigenvalue weighted by molar-refractivity contribution is 0.138. The first-order valence-electron chi connectivity index (χ1n) is 7.23. The summed E-state index contributed by atoms with van der Waals surface area (Å²) in [6.07, 6.45) is 4.08. The molecule has 1 aliphatic heterocycles. The molecule has 2 heterocycles. The van der Waals surface area contributed by atoms with E-state index in [1.807, 2.05) is 0 Å². The van der Waals surface area contributed by atoms with E-state index in [9.17, 15) is 4.79 Å². The maximum absolute atomic E-state index is 11.7. The number of anilines is 1. The second-order valence-electron chi connectivity index (χ2n) is 6.05. The van der Waals surface area contributed by atoms with Gasteiger partial charge in [0.15, 0.2) is 0 Å². The molecule has 19 heavy (non-hydrogen) atoms. The second-order valence-corrected chi connectivity index (χ2v) is 6.05. The van der Waals surface area contributed by atoms with Gasteiger partial charge in [-0.25, -0.2) is 0 Å². The molecule has 1 saturated heterocycles. The maximum atomic E-state index is 11.7. The van der Waals surface area contributed by atoms with Crippen LogP contribution in [0.15, 0.2) is 23.1 Å². The predicted molar refractivity (Wildman–Crippen MR) is 79.1 cm³/mol. The van der Waals surface area contributed by atoms with Gasteiger partial charge >= 0.3 is 0 Å². The Labute approximate surface area is 115 Å². The Morgan fingerprint density at radius 1 is 1.21 bits per heavy atom. The Kier molecular flexibility index (Phi) is 4.64. The molecule has 106 valence electrons. The molecule has 4 heteroatoms. The first-order valence-corrected chi connectivity index (χ1v) is 7.23. The molecule has 0 aliphatic carbocycles. The smallest absolute Gasteiger partial charge is 0.250 e. The fraction of sp³-hybridized carbons (Fsp3) is 0.667. The van der Waals surface area contributed by atoms with E-state index < -0.39 is 0 Å². The van der Waals surface area contributed by atoms with Crippen molar-refractivity contribution < 1.29 is 0 Å². The predicted octanol–water partition coefficient (Wildman–Crippen LogP) is 1.80. The number of pyridine rings is 1. The summed E-state index contributed by atoms with van der Waals surface area (Å²) in [5, 5.41) is 0. The van der Waals surface area contributed by atoms with Crippen LogP contribution in [-0.2, 0) is 6.54 Å². The number of nitrogen functional groups attached to an aromatic ring is 1. The van der Waals surface area contributed by atoms with Crippen molar-refractivity contribution in [1.29, 1.82) is 0 Å². The fourth-order valence-corrected chi connectivity index (χ4v) is 3.16. The van der Waals surface area contributed by atoms with Gasteiger partial charge in [-0.2, -0.15) is 0 Å². The van der Waals surface area contributed by atoms with Gasteiger partial charge in [0.05, 0.1) is 0 Å². The molecule has 4 nitrogen and oxygen atoms in total. The number of aromatic nitrogens is 1. The van der Waals surface area contributed by atoms with Crippen molar-refractivity contribution in [1.82, 2.24) is 9.47 Å². The van der Waals surface area contributed by atoms with Crippen molar-refractivity contribution in [3.05, 3.63) is 28.7 Å². The minimum absolute atomic E-state index is 0.0366. The average molecular weight is 263 g/mol. The first-order chi connectivity index (χ1) is 9.04. The minimum Gasteiger partial charge on any atom is -0.398 e. The van der Waals surface area contributed by atoms with Crippen LogP contribution < -0.4 is 11.3 Å². The van der Waals surface area contributed by atoms with Gasteiger partial charge in [0.25, 0.3) is 5.56 Å². The molecule has 2 rings (SSSR count). The summed E-state index contributed by atoms with van der Waals surface area (Å²) in [6.45, 7) is 8.85. The van der Waals surface area contributed by atoms with Crippen molar-refractivity contribution in [2.24, 2.45) is 11.8 Å². The summed E-state index contributed by atoms with van der Waals surface area (Å²) in [5.41, 5.74) is 6.40. The highest BCUT2D eigenvalue weighted by Crippen LogP contribution is 2.20. The largest absolute Gasteiger partial charge is 0.398 e. The number of hydrogen-bond donors (Lipinski definition) is 1. The number of nitrogens with two attached hydrogens (primary N) is 1. The van der Waals surface area contributed by atoms with Crippen molar-refractivity contribution in [3.63, 3.8) is 0 Å². The minimum atomic E-state index is 0.0366. The van der Waals surface area contributed by atoms with Gasteiger partial charge in [-0.05, 0) is 37.3 Å². The van der Waals surface area contributed by atoms with E-state index in [0.717, 1.165) is 31.3 Å². The van der Waals surface area contributed by atoms with E-state index in [1.54, 1.807) is 22.9 Å². The quantitative estimate of drug-likeness (QED) is 0.901. The number of nitrogens with zero attached hydrogens (tertiary/aromatic N) is 2. The van der Waals surface area contributed by atoms with Crippen LogP contribution in [-0.4, -0.2) is 29.1 Å². The number of rotatable bonds is 4. The third-order valence-electron chi connectivity index (χ3n) is 3.82. The summed E-state index contributed by atoms with van der Waals surface area (Å²) >= 11 is 0. The maximum Gasteiger partial charge on any atom is 0.250 e. The van der Waals surface area contributed by atoms with Gasteiger partial charge in [-0.3, -0.25) is 4.79 Å². The Hall–Kier alpha value is -1.29. The Morgan fingerprint density at radius 3 is 2.58 bits per heavy atom. The summed E-state index contributed by atoms with van der Waals surface area (Å²) in [7, 11) is 0. The van der Waals surface area contributed by atoms with Crippen LogP contribution in [0.3, 0.4) is 0 Å². The van der Waals surface area contributed by atoms with Gasteiger partial charge in [0, 0.05) is 37.6 Å². The van der Waals surface area contributed by atoms with Crippen molar-refractivity contribution in [3.8, 4) is 0 Å². The molecule has 1 aliphatic rings. The van der Waals surface area contributed by atoms with Crippen molar-refractivity contribution in [2.45, 2.75) is 33.2 Å². The van der Waals surface area contributed by atoms with Crippen LogP contribution in [0.5, 0.6) is 0 Å². The molecular formula is C15H25N3O. The molecule has 0 aromatic carbocycles. The van der Waals surface area contributed by atoms with Gasteiger partial charge < -0.3 is 15.2 Å². The molecular weight excluding hydrogens is 238 g/mol. The SMILES string of the molecule is CC1CC(C)CN(CCCn2cc(N)ccc2=O)C1. The lowest BCUT2D eigenvalue weighted by Crippen LogP contribution is -2.39. The topological polar surface area (TPSA) is 51.3 Å². The number of aryl methyl sites for hydroxylation is 1. The molecule has 0 bridgehead atoms. The summed E-state index contributed by atoms with van der Waals surface area (Å²) in [5.74, 6) is 1.58. The first kappa shape index (κ1) is 14.1. The monoisotopic (exact) mass is 263 g/mol. The highest BCUT2D eigenvalue weighted by Gasteiger charge is 2.20. The van der Waals surface area contributed by atoms with Crippen LogP contribution in [0, 0.1) is 11.8 Å². The number of hydrogen-bond acceptors (Lipinski definition) is 3.